The van der Waals surface area contributed by atoms with Gasteiger partial charge in [0.1, 0.15) is 0 Å². The van der Waals surface area contributed by atoms with Gasteiger partial charge in [-0.25, -0.2) is 4.39 Å². The third-order valence-corrected chi connectivity index (χ3v) is 3.22. The highest BCUT2D eigenvalue weighted by molar-refractivity contribution is 5.14. The molecule has 15 heavy (non-hydrogen) atoms. The topological polar surface area (TPSA) is 16.1 Å². The van der Waals surface area contributed by atoms with Crippen molar-refractivity contribution in [3.63, 3.8) is 0 Å². The Morgan fingerprint density at radius 2 is 2.13 bits per heavy atom. The number of piperidine rings is 1. The molecule has 3 heteroatoms. The van der Waals surface area contributed by atoms with Crippen LogP contribution in [-0.4, -0.2) is 29.5 Å². The largest absolute Gasteiger partial charge is 0.303 e. The van der Waals surface area contributed by atoms with E-state index in [0.29, 0.717) is 18.5 Å². The quantitative estimate of drug-likeness (QED) is 0.741. The summed E-state index contributed by atoms with van der Waals surface area (Å²) in [6, 6.07) is 5.48. The monoisotopic (exact) mass is 208 g/mol. The van der Waals surface area contributed by atoms with Crippen molar-refractivity contribution < 1.29 is 4.39 Å². The molecule has 1 aromatic rings. The predicted octanol–water partition coefficient (Wildman–Crippen LogP) is 2.36. The third-order valence-electron chi connectivity index (χ3n) is 3.22. The molecule has 0 atom stereocenters. The second kappa shape index (κ2) is 4.27. The molecule has 0 bridgehead atoms. The lowest BCUT2D eigenvalue weighted by Gasteiger charge is -2.35. The van der Waals surface area contributed by atoms with Gasteiger partial charge in [0.2, 0.25) is 0 Å². The third kappa shape index (κ3) is 2.17. The molecule has 0 amide bonds. The fourth-order valence-electron chi connectivity index (χ4n) is 2.11. The van der Waals surface area contributed by atoms with Crippen LogP contribution in [0.5, 0.6) is 0 Å². The summed E-state index contributed by atoms with van der Waals surface area (Å²) in [4.78, 5) is 6.41. The van der Waals surface area contributed by atoms with Crippen LogP contribution in [0.3, 0.4) is 0 Å². The van der Waals surface area contributed by atoms with E-state index in [1.165, 1.54) is 0 Å². The van der Waals surface area contributed by atoms with Gasteiger partial charge in [0.05, 0.1) is 5.69 Å². The molecule has 0 saturated carbocycles. The minimum absolute atomic E-state index is 0.567. The van der Waals surface area contributed by atoms with Crippen molar-refractivity contribution in [1.82, 2.24) is 9.88 Å². The Balaban J connectivity index is 2.10. The summed E-state index contributed by atoms with van der Waals surface area (Å²) < 4.78 is 14.5. The molecule has 0 N–H and O–H groups in total. The van der Waals surface area contributed by atoms with Gasteiger partial charge in [-0.3, -0.25) is 4.98 Å². The van der Waals surface area contributed by atoms with E-state index in [1.807, 2.05) is 12.1 Å². The Morgan fingerprint density at radius 3 is 2.67 bits per heavy atom. The molecule has 1 aliphatic rings. The van der Waals surface area contributed by atoms with Crippen molar-refractivity contribution >= 4 is 0 Å². The zero-order valence-electron chi connectivity index (χ0n) is 9.12. The number of nitrogens with zero attached hydrogens (tertiary/aromatic N) is 2. The summed E-state index contributed by atoms with van der Waals surface area (Å²) in [6.07, 6.45) is 2.80. The fourth-order valence-corrected chi connectivity index (χ4v) is 2.11. The van der Waals surface area contributed by atoms with Crippen LogP contribution in [0.15, 0.2) is 24.4 Å². The van der Waals surface area contributed by atoms with Gasteiger partial charge in [-0.2, -0.15) is 0 Å². The molecular formula is C12H17FN2. The first kappa shape index (κ1) is 10.6. The summed E-state index contributed by atoms with van der Waals surface area (Å²) >= 11 is 0. The molecule has 0 aromatic carbocycles. The highest BCUT2D eigenvalue weighted by Crippen LogP contribution is 2.35. The molecule has 2 nitrogen and oxygen atoms in total. The predicted molar refractivity (Wildman–Crippen MR) is 58.4 cm³/mol. The molecule has 0 unspecified atom stereocenters. The van der Waals surface area contributed by atoms with Crippen molar-refractivity contribution in [2.45, 2.75) is 25.4 Å². The smallest absolute Gasteiger partial charge is 0.155 e. The minimum Gasteiger partial charge on any atom is -0.303 e. The Morgan fingerprint density at radius 1 is 1.40 bits per heavy atom. The second-order valence-corrected chi connectivity index (χ2v) is 4.11. The minimum atomic E-state index is -1.20. The molecule has 82 valence electrons. The van der Waals surface area contributed by atoms with E-state index in [2.05, 4.69) is 16.8 Å². The van der Waals surface area contributed by atoms with Crippen LogP contribution in [-0.2, 0) is 5.67 Å². The van der Waals surface area contributed by atoms with Crippen LogP contribution in [0.25, 0.3) is 0 Å². The average Bonchev–Trinajstić information content (AvgIpc) is 2.31. The standard InChI is InChI=1S/C12H17FN2/c1-2-15-9-6-12(13,7-10-15)11-5-3-4-8-14-11/h3-5,8H,2,6-7,9-10H2,1H3. The molecule has 2 rings (SSSR count). The summed E-state index contributed by atoms with van der Waals surface area (Å²) in [7, 11) is 0. The van der Waals surface area contributed by atoms with Crippen molar-refractivity contribution in [3.8, 4) is 0 Å². The number of rotatable bonds is 2. The maximum absolute atomic E-state index is 14.5. The zero-order chi connectivity index (χ0) is 10.7. The SMILES string of the molecule is CCN1CCC(F)(c2ccccn2)CC1. The summed E-state index contributed by atoms with van der Waals surface area (Å²) in [5, 5.41) is 0. The highest BCUT2D eigenvalue weighted by atomic mass is 19.1. The first-order valence-electron chi connectivity index (χ1n) is 5.57. The summed E-state index contributed by atoms with van der Waals surface area (Å²) in [5.41, 5.74) is -0.604. The number of hydrogen-bond acceptors (Lipinski definition) is 2. The summed E-state index contributed by atoms with van der Waals surface area (Å²) in [5.74, 6) is 0. The number of aromatic nitrogens is 1. The van der Waals surface area contributed by atoms with E-state index in [-0.39, 0.29) is 0 Å². The molecule has 1 aromatic heterocycles. The number of alkyl halides is 1. The van der Waals surface area contributed by atoms with Gasteiger partial charge in [-0.1, -0.05) is 13.0 Å². The van der Waals surface area contributed by atoms with Gasteiger partial charge in [0.25, 0.3) is 0 Å². The van der Waals surface area contributed by atoms with Crippen LogP contribution in [0.2, 0.25) is 0 Å². The van der Waals surface area contributed by atoms with E-state index < -0.39 is 5.67 Å². The van der Waals surface area contributed by atoms with E-state index in [1.54, 1.807) is 12.3 Å². The van der Waals surface area contributed by atoms with E-state index in [9.17, 15) is 4.39 Å². The molecule has 1 fully saturated rings. The Labute approximate surface area is 90.1 Å². The van der Waals surface area contributed by atoms with Crippen LogP contribution in [0, 0.1) is 0 Å². The maximum atomic E-state index is 14.5. The molecule has 2 heterocycles. The lowest BCUT2D eigenvalue weighted by Crippen LogP contribution is -2.40. The van der Waals surface area contributed by atoms with Gasteiger partial charge >= 0.3 is 0 Å². The molecule has 0 radical (unpaired) electrons. The Kier molecular flexibility index (Phi) is 3.00. The maximum Gasteiger partial charge on any atom is 0.155 e. The van der Waals surface area contributed by atoms with Crippen LogP contribution in [0.1, 0.15) is 25.5 Å². The van der Waals surface area contributed by atoms with Gasteiger partial charge in [0, 0.05) is 19.3 Å². The van der Waals surface area contributed by atoms with Gasteiger partial charge in [-0.05, 0) is 31.5 Å². The van der Waals surface area contributed by atoms with E-state index in [0.717, 1.165) is 19.6 Å². The average molecular weight is 208 g/mol. The lowest BCUT2D eigenvalue weighted by molar-refractivity contribution is 0.0547. The fraction of sp³-hybridized carbons (Fsp3) is 0.583. The van der Waals surface area contributed by atoms with Crippen LogP contribution in [0.4, 0.5) is 4.39 Å². The summed E-state index contributed by atoms with van der Waals surface area (Å²) in [6.45, 7) is 4.80. The normalized spacial score (nSPS) is 21.5. The first-order valence-corrected chi connectivity index (χ1v) is 5.57. The van der Waals surface area contributed by atoms with E-state index >= 15 is 0 Å². The molecule has 0 spiro atoms. The van der Waals surface area contributed by atoms with Crippen LogP contribution < -0.4 is 0 Å². The van der Waals surface area contributed by atoms with E-state index in [4.69, 9.17) is 0 Å². The highest BCUT2D eigenvalue weighted by Gasteiger charge is 2.36. The van der Waals surface area contributed by atoms with Crippen molar-refractivity contribution in [3.05, 3.63) is 30.1 Å². The van der Waals surface area contributed by atoms with Crippen LogP contribution >= 0.6 is 0 Å². The molecular weight excluding hydrogens is 191 g/mol. The van der Waals surface area contributed by atoms with Crippen molar-refractivity contribution in [2.75, 3.05) is 19.6 Å². The Hall–Kier alpha value is -0.960. The van der Waals surface area contributed by atoms with Gasteiger partial charge < -0.3 is 4.90 Å². The van der Waals surface area contributed by atoms with Crippen molar-refractivity contribution in [1.29, 1.82) is 0 Å². The number of likely N-dealkylation sites (tertiary alicyclic amines) is 1. The Bertz CT molecular complexity index is 305. The number of hydrogen-bond donors (Lipinski definition) is 0. The van der Waals surface area contributed by atoms with Gasteiger partial charge in [-0.15, -0.1) is 0 Å². The first-order chi connectivity index (χ1) is 7.24. The zero-order valence-corrected chi connectivity index (χ0v) is 9.12. The van der Waals surface area contributed by atoms with Crippen molar-refractivity contribution in [2.24, 2.45) is 0 Å². The van der Waals surface area contributed by atoms with Gasteiger partial charge in [0.15, 0.2) is 5.67 Å². The lowest BCUT2D eigenvalue weighted by atomic mass is 9.89. The molecule has 1 aliphatic heterocycles. The number of pyridine rings is 1. The number of halogens is 1. The molecule has 1 saturated heterocycles. The molecule has 0 aliphatic carbocycles. The second-order valence-electron chi connectivity index (χ2n) is 4.11.